The van der Waals surface area contributed by atoms with Gasteiger partial charge in [0.15, 0.2) is 5.76 Å². The van der Waals surface area contributed by atoms with Gasteiger partial charge < -0.3 is 9.84 Å². The monoisotopic (exact) mass is 237 g/mol. The highest BCUT2D eigenvalue weighted by atomic mass is 16.5. The lowest BCUT2D eigenvalue weighted by Crippen LogP contribution is -2.22. The first-order valence-electron chi connectivity index (χ1n) is 6.16. The molecular formula is C13H23N3O. The Labute approximate surface area is 104 Å². The largest absolute Gasteiger partial charge is 0.360 e. The zero-order valence-electron chi connectivity index (χ0n) is 11.1. The SMILES string of the molecule is C=CCN(CC)Cc1cc(CNC(C)C)no1. The van der Waals surface area contributed by atoms with E-state index in [1.165, 1.54) is 0 Å². The van der Waals surface area contributed by atoms with Crippen LogP contribution < -0.4 is 5.32 Å². The fraction of sp³-hybridized carbons (Fsp3) is 0.615. The van der Waals surface area contributed by atoms with Crippen LogP contribution in [0.2, 0.25) is 0 Å². The van der Waals surface area contributed by atoms with Gasteiger partial charge in [-0.1, -0.05) is 32.0 Å². The molecule has 0 aliphatic carbocycles. The highest BCUT2D eigenvalue weighted by Crippen LogP contribution is 2.07. The van der Waals surface area contributed by atoms with Gasteiger partial charge in [0, 0.05) is 25.2 Å². The zero-order chi connectivity index (χ0) is 12.7. The molecule has 0 radical (unpaired) electrons. The Morgan fingerprint density at radius 1 is 1.59 bits per heavy atom. The Morgan fingerprint density at radius 3 is 2.94 bits per heavy atom. The van der Waals surface area contributed by atoms with Crippen molar-refractivity contribution in [1.29, 1.82) is 0 Å². The second-order valence-electron chi connectivity index (χ2n) is 4.44. The zero-order valence-corrected chi connectivity index (χ0v) is 11.1. The molecule has 0 aliphatic heterocycles. The first-order valence-corrected chi connectivity index (χ1v) is 6.16. The Morgan fingerprint density at radius 2 is 2.35 bits per heavy atom. The number of likely N-dealkylation sites (N-methyl/N-ethyl adjacent to an activating group) is 1. The minimum absolute atomic E-state index is 0.461. The molecule has 0 bridgehead atoms. The van der Waals surface area contributed by atoms with Crippen LogP contribution in [-0.2, 0) is 13.1 Å². The Balaban J connectivity index is 2.46. The second-order valence-corrected chi connectivity index (χ2v) is 4.44. The maximum absolute atomic E-state index is 5.31. The average Bonchev–Trinajstić information content (AvgIpc) is 2.73. The van der Waals surface area contributed by atoms with Gasteiger partial charge in [-0.25, -0.2) is 0 Å². The van der Waals surface area contributed by atoms with E-state index in [9.17, 15) is 0 Å². The van der Waals surface area contributed by atoms with Crippen molar-refractivity contribution in [1.82, 2.24) is 15.4 Å². The Kier molecular flexibility index (Phi) is 5.94. The van der Waals surface area contributed by atoms with Crippen LogP contribution in [0.4, 0.5) is 0 Å². The average molecular weight is 237 g/mol. The van der Waals surface area contributed by atoms with Gasteiger partial charge in [0.25, 0.3) is 0 Å². The van der Waals surface area contributed by atoms with Crippen molar-refractivity contribution in [3.8, 4) is 0 Å². The predicted octanol–water partition coefficient (Wildman–Crippen LogP) is 2.18. The second kappa shape index (κ2) is 7.25. The van der Waals surface area contributed by atoms with Crippen LogP contribution in [0.5, 0.6) is 0 Å². The number of rotatable bonds is 8. The van der Waals surface area contributed by atoms with E-state index in [1.54, 1.807) is 0 Å². The molecule has 0 saturated carbocycles. The molecule has 1 aromatic rings. The van der Waals surface area contributed by atoms with Crippen molar-refractivity contribution in [2.45, 2.75) is 39.9 Å². The van der Waals surface area contributed by atoms with E-state index in [0.717, 1.165) is 37.6 Å². The third-order valence-corrected chi connectivity index (χ3v) is 2.51. The molecule has 1 N–H and O–H groups in total. The molecule has 1 rings (SSSR count). The van der Waals surface area contributed by atoms with Crippen molar-refractivity contribution in [3.63, 3.8) is 0 Å². The van der Waals surface area contributed by atoms with Crippen molar-refractivity contribution in [2.75, 3.05) is 13.1 Å². The van der Waals surface area contributed by atoms with Gasteiger partial charge in [-0.15, -0.1) is 6.58 Å². The van der Waals surface area contributed by atoms with Crippen LogP contribution in [0, 0.1) is 0 Å². The number of nitrogens with zero attached hydrogens (tertiary/aromatic N) is 2. The van der Waals surface area contributed by atoms with E-state index >= 15 is 0 Å². The van der Waals surface area contributed by atoms with Crippen LogP contribution in [0.15, 0.2) is 23.2 Å². The van der Waals surface area contributed by atoms with Crippen molar-refractivity contribution in [2.24, 2.45) is 0 Å². The van der Waals surface area contributed by atoms with E-state index in [4.69, 9.17) is 4.52 Å². The van der Waals surface area contributed by atoms with Crippen LogP contribution in [0.3, 0.4) is 0 Å². The third kappa shape index (κ3) is 5.15. The minimum Gasteiger partial charge on any atom is -0.360 e. The van der Waals surface area contributed by atoms with E-state index in [-0.39, 0.29) is 0 Å². The number of nitrogens with one attached hydrogen (secondary N) is 1. The smallest absolute Gasteiger partial charge is 0.151 e. The lowest BCUT2D eigenvalue weighted by Gasteiger charge is -2.15. The van der Waals surface area contributed by atoms with E-state index in [2.05, 4.69) is 42.7 Å². The van der Waals surface area contributed by atoms with Gasteiger partial charge in [-0.3, -0.25) is 4.90 Å². The summed E-state index contributed by atoms with van der Waals surface area (Å²) in [6, 6.07) is 2.48. The van der Waals surface area contributed by atoms with Gasteiger partial charge in [-0.05, 0) is 6.54 Å². The number of hydrogen-bond acceptors (Lipinski definition) is 4. The molecule has 0 amide bonds. The number of aromatic nitrogens is 1. The summed E-state index contributed by atoms with van der Waals surface area (Å²) in [6.07, 6.45) is 1.90. The molecule has 1 heterocycles. The fourth-order valence-corrected chi connectivity index (χ4v) is 1.53. The number of hydrogen-bond donors (Lipinski definition) is 1. The molecule has 0 saturated heterocycles. The summed E-state index contributed by atoms with van der Waals surface area (Å²) in [4.78, 5) is 2.24. The summed E-state index contributed by atoms with van der Waals surface area (Å²) in [7, 11) is 0. The van der Waals surface area contributed by atoms with E-state index < -0.39 is 0 Å². The van der Waals surface area contributed by atoms with Crippen molar-refractivity contribution < 1.29 is 4.52 Å². The summed E-state index contributed by atoms with van der Waals surface area (Å²) < 4.78 is 5.31. The van der Waals surface area contributed by atoms with E-state index in [1.807, 2.05) is 12.1 Å². The van der Waals surface area contributed by atoms with E-state index in [0.29, 0.717) is 6.04 Å². The summed E-state index contributed by atoms with van der Waals surface area (Å²) >= 11 is 0. The van der Waals surface area contributed by atoms with Crippen LogP contribution >= 0.6 is 0 Å². The molecule has 17 heavy (non-hydrogen) atoms. The van der Waals surface area contributed by atoms with Crippen LogP contribution in [-0.4, -0.2) is 29.2 Å². The van der Waals surface area contributed by atoms with Gasteiger partial charge in [0.2, 0.25) is 0 Å². The molecule has 0 atom stereocenters. The summed E-state index contributed by atoms with van der Waals surface area (Å²) in [5, 5.41) is 7.36. The predicted molar refractivity (Wildman–Crippen MR) is 69.6 cm³/mol. The molecule has 0 aromatic carbocycles. The molecular weight excluding hydrogens is 214 g/mol. The highest BCUT2D eigenvalue weighted by Gasteiger charge is 2.08. The highest BCUT2D eigenvalue weighted by molar-refractivity contribution is 5.05. The molecule has 4 heteroatoms. The summed E-state index contributed by atoms with van der Waals surface area (Å²) in [5.41, 5.74) is 0.961. The first kappa shape index (κ1) is 13.9. The third-order valence-electron chi connectivity index (χ3n) is 2.51. The standard InChI is InChI=1S/C13H23N3O/c1-5-7-16(6-2)10-13-8-12(15-17-13)9-14-11(3)4/h5,8,11,14H,1,6-7,9-10H2,2-4H3. The maximum atomic E-state index is 5.31. The van der Waals surface area contributed by atoms with Gasteiger partial charge >= 0.3 is 0 Å². The molecule has 0 spiro atoms. The van der Waals surface area contributed by atoms with Gasteiger partial charge in [0.1, 0.15) is 0 Å². The minimum atomic E-state index is 0.461. The van der Waals surface area contributed by atoms with Crippen LogP contribution in [0.1, 0.15) is 32.2 Å². The normalized spacial score (nSPS) is 11.4. The first-order chi connectivity index (χ1) is 8.15. The summed E-state index contributed by atoms with van der Waals surface area (Å²) in [5.74, 6) is 0.911. The fourth-order valence-electron chi connectivity index (χ4n) is 1.53. The van der Waals surface area contributed by atoms with Crippen molar-refractivity contribution in [3.05, 3.63) is 30.2 Å². The lowest BCUT2D eigenvalue weighted by molar-refractivity contribution is 0.261. The van der Waals surface area contributed by atoms with Gasteiger partial charge in [-0.2, -0.15) is 0 Å². The molecule has 0 aliphatic rings. The maximum Gasteiger partial charge on any atom is 0.151 e. The molecule has 96 valence electrons. The molecule has 0 fully saturated rings. The molecule has 0 unspecified atom stereocenters. The Bertz CT molecular complexity index is 333. The van der Waals surface area contributed by atoms with Gasteiger partial charge in [0.05, 0.1) is 12.2 Å². The topological polar surface area (TPSA) is 41.3 Å². The quantitative estimate of drug-likeness (QED) is 0.704. The molecule has 4 nitrogen and oxygen atoms in total. The van der Waals surface area contributed by atoms with Crippen molar-refractivity contribution >= 4 is 0 Å². The molecule has 1 aromatic heterocycles. The van der Waals surface area contributed by atoms with Crippen LogP contribution in [0.25, 0.3) is 0 Å². The summed E-state index contributed by atoms with van der Waals surface area (Å²) in [6.45, 7) is 13.5. The lowest BCUT2D eigenvalue weighted by atomic mass is 10.3. The Hall–Kier alpha value is -1.13.